The first-order valence-corrected chi connectivity index (χ1v) is 18.0. The lowest BCUT2D eigenvalue weighted by Crippen LogP contribution is -2.60. The molecular formula is C37H31BrCl2FN3O7. The topological polar surface area (TPSA) is 117 Å². The van der Waals surface area contributed by atoms with E-state index in [1.54, 1.807) is 18.2 Å². The molecule has 3 heterocycles. The van der Waals surface area contributed by atoms with E-state index in [4.69, 9.17) is 32.7 Å². The Balaban J connectivity index is 1.23. The van der Waals surface area contributed by atoms with Gasteiger partial charge in [0.15, 0.2) is 21.2 Å². The molecule has 264 valence electrons. The van der Waals surface area contributed by atoms with Crippen LogP contribution in [0.1, 0.15) is 24.3 Å². The van der Waals surface area contributed by atoms with Gasteiger partial charge in [-0.25, -0.2) is 9.29 Å². The summed E-state index contributed by atoms with van der Waals surface area (Å²) in [5, 5.41) is 10.7. The predicted octanol–water partition coefficient (Wildman–Crippen LogP) is 5.91. The van der Waals surface area contributed by atoms with Crippen LogP contribution in [0.4, 0.5) is 21.5 Å². The third-order valence-electron chi connectivity index (χ3n) is 11.0. The van der Waals surface area contributed by atoms with Crippen molar-refractivity contribution in [2.24, 2.45) is 17.8 Å². The molecule has 3 aliphatic heterocycles. The van der Waals surface area contributed by atoms with Crippen LogP contribution in [-0.4, -0.2) is 71.9 Å². The molecule has 10 nitrogen and oxygen atoms in total. The average Bonchev–Trinajstić information content (AvgIpc) is 3.47. The van der Waals surface area contributed by atoms with Crippen LogP contribution in [0, 0.1) is 23.6 Å². The average molecular weight is 799 g/mol. The summed E-state index contributed by atoms with van der Waals surface area (Å²) in [6.07, 6.45) is 1.80. The van der Waals surface area contributed by atoms with E-state index >= 15 is 0 Å². The van der Waals surface area contributed by atoms with Gasteiger partial charge in [-0.15, -0.1) is 23.2 Å². The minimum Gasteiger partial charge on any atom is -0.503 e. The van der Waals surface area contributed by atoms with E-state index in [9.17, 15) is 28.7 Å². The van der Waals surface area contributed by atoms with Gasteiger partial charge in [0.2, 0.25) is 11.8 Å². The second-order valence-corrected chi connectivity index (χ2v) is 15.5. The maximum atomic E-state index is 14.6. The number of anilines is 3. The van der Waals surface area contributed by atoms with Crippen LogP contribution in [0.25, 0.3) is 0 Å². The van der Waals surface area contributed by atoms with Gasteiger partial charge in [0.25, 0.3) is 11.8 Å². The Hall–Kier alpha value is -3.97. The quantitative estimate of drug-likeness (QED) is 0.193. The zero-order chi connectivity index (χ0) is 36.0. The molecule has 3 aromatic rings. The van der Waals surface area contributed by atoms with Crippen molar-refractivity contribution in [1.82, 2.24) is 0 Å². The fourth-order valence-corrected chi connectivity index (χ4v) is 9.97. The molecule has 14 heteroatoms. The molecule has 0 radical (unpaired) electrons. The van der Waals surface area contributed by atoms with Crippen molar-refractivity contribution in [3.05, 3.63) is 88.2 Å². The largest absolute Gasteiger partial charge is 0.503 e. The van der Waals surface area contributed by atoms with Gasteiger partial charge in [-0.1, -0.05) is 11.6 Å². The van der Waals surface area contributed by atoms with Gasteiger partial charge < -0.3 is 19.5 Å². The molecule has 6 atom stereocenters. The minimum atomic E-state index is -2.13. The number of imide groups is 2. The number of ether oxygens (including phenoxy) is 2. The van der Waals surface area contributed by atoms with E-state index < -0.39 is 57.0 Å². The summed E-state index contributed by atoms with van der Waals surface area (Å²) in [6, 6.07) is 15.2. The van der Waals surface area contributed by atoms with Gasteiger partial charge in [-0.05, 0) is 101 Å². The highest BCUT2D eigenvalue weighted by Gasteiger charge is 2.76. The van der Waals surface area contributed by atoms with Crippen LogP contribution in [0.5, 0.6) is 11.5 Å². The summed E-state index contributed by atoms with van der Waals surface area (Å²) >= 11 is 18.3. The number of rotatable bonds is 5. The molecular weight excluding hydrogens is 768 g/mol. The summed E-state index contributed by atoms with van der Waals surface area (Å²) in [5.41, 5.74) is 2.43. The second kappa shape index (κ2) is 12.3. The van der Waals surface area contributed by atoms with Crippen molar-refractivity contribution < 1.29 is 38.1 Å². The second-order valence-electron chi connectivity index (χ2n) is 13.4. The maximum absolute atomic E-state index is 14.6. The molecule has 4 fully saturated rings. The molecule has 0 unspecified atom stereocenters. The van der Waals surface area contributed by atoms with Gasteiger partial charge in [0.05, 0.1) is 48.0 Å². The SMILES string of the molecule is COc1cc([C@H]2C3=CC[C@@H]4C(=O)N(c5ccc(N6CCOCC6)cc5)C(=O)[C@@H]4[C@@H]3C[C@@]3(Cl)C(=O)N(c4ccc(F)cc4)C(=O)[C@@]23Cl)cc(Br)c1O. The third-order valence-corrected chi connectivity index (χ3v) is 13.0. The van der Waals surface area contributed by atoms with Crippen molar-refractivity contribution in [1.29, 1.82) is 0 Å². The van der Waals surface area contributed by atoms with Crippen LogP contribution >= 0.6 is 39.1 Å². The number of aromatic hydroxyl groups is 1. The molecule has 0 spiro atoms. The lowest BCUT2D eigenvalue weighted by molar-refractivity contribution is -0.125. The Kier molecular flexibility index (Phi) is 8.25. The highest BCUT2D eigenvalue weighted by atomic mass is 79.9. The highest BCUT2D eigenvalue weighted by molar-refractivity contribution is 9.10. The number of alkyl halides is 2. The fraction of sp³-hybridized carbons (Fsp3) is 0.351. The van der Waals surface area contributed by atoms with E-state index in [-0.39, 0.29) is 40.4 Å². The molecule has 0 aromatic heterocycles. The Morgan fingerprint density at radius 2 is 1.51 bits per heavy atom. The van der Waals surface area contributed by atoms with Gasteiger partial charge in [0, 0.05) is 24.7 Å². The number of methoxy groups -OCH3 is 1. The number of amides is 4. The number of phenols is 1. The van der Waals surface area contributed by atoms with Crippen LogP contribution < -0.4 is 19.4 Å². The molecule has 8 rings (SSSR count). The van der Waals surface area contributed by atoms with Crippen molar-refractivity contribution in [3.63, 3.8) is 0 Å². The van der Waals surface area contributed by atoms with Crippen molar-refractivity contribution in [2.75, 3.05) is 48.1 Å². The minimum absolute atomic E-state index is 0.0715. The molecule has 1 saturated carbocycles. The highest BCUT2D eigenvalue weighted by Crippen LogP contribution is 2.66. The third kappa shape index (κ3) is 4.89. The lowest BCUT2D eigenvalue weighted by Gasteiger charge is -2.50. The van der Waals surface area contributed by atoms with Gasteiger partial charge >= 0.3 is 0 Å². The smallest absolute Gasteiger partial charge is 0.258 e. The number of phenolic OH excluding ortho intramolecular Hbond substituents is 1. The number of hydrogen-bond acceptors (Lipinski definition) is 8. The van der Waals surface area contributed by atoms with Crippen molar-refractivity contribution in [3.8, 4) is 11.5 Å². The van der Waals surface area contributed by atoms with Crippen LogP contribution in [-0.2, 0) is 23.9 Å². The van der Waals surface area contributed by atoms with Crippen LogP contribution in [0.15, 0.2) is 76.8 Å². The summed E-state index contributed by atoms with van der Waals surface area (Å²) in [4.78, 5) is 57.6. The van der Waals surface area contributed by atoms with Crippen molar-refractivity contribution >= 4 is 79.8 Å². The molecule has 51 heavy (non-hydrogen) atoms. The molecule has 4 amide bonds. The monoisotopic (exact) mass is 797 g/mol. The Labute approximate surface area is 310 Å². The number of benzene rings is 3. The lowest BCUT2D eigenvalue weighted by atomic mass is 9.56. The molecule has 0 bridgehead atoms. The first kappa shape index (κ1) is 34.1. The number of hydrogen-bond donors (Lipinski definition) is 1. The zero-order valence-corrected chi connectivity index (χ0v) is 30.3. The number of fused-ring (bicyclic) bond motifs is 4. The number of nitrogens with zero attached hydrogens (tertiary/aromatic N) is 3. The Bertz CT molecular complexity index is 2030. The summed E-state index contributed by atoms with van der Waals surface area (Å²) in [6.45, 7) is 2.68. The summed E-state index contributed by atoms with van der Waals surface area (Å²) in [5.74, 6) is -6.64. The molecule has 3 aromatic carbocycles. The van der Waals surface area contributed by atoms with E-state index in [2.05, 4.69) is 20.8 Å². The molecule has 5 aliphatic rings. The van der Waals surface area contributed by atoms with E-state index in [1.807, 2.05) is 18.2 Å². The normalized spacial score (nSPS) is 30.3. The number of carbonyl (C=O) groups excluding carboxylic acids is 4. The Morgan fingerprint density at radius 3 is 2.18 bits per heavy atom. The maximum Gasteiger partial charge on any atom is 0.258 e. The van der Waals surface area contributed by atoms with Gasteiger partial charge in [0.1, 0.15) is 5.82 Å². The zero-order valence-electron chi connectivity index (χ0n) is 27.2. The standard InChI is InChI=1S/C37H31BrCl2FN3O7/c1-50-28-17-19(16-27(38)31(28)45)30-24-10-11-25-29(33(47)43(32(25)46)22-8-6-21(7-9-22)42-12-14-51-15-13-42)26(24)18-36(39)34(48)44(35(49)37(30,36)40)23-4-2-20(41)3-5-23/h2-10,16-17,25-26,29-30,45H,11-15,18H2,1H3/t25-,26+,29-,30-,36+,37-/m0/s1. The molecule has 1 N–H and O–H groups in total. The fourth-order valence-electron chi connectivity index (χ4n) is 8.58. The number of morpholine rings is 1. The first-order chi connectivity index (χ1) is 24.4. The number of carbonyl (C=O) groups is 4. The van der Waals surface area contributed by atoms with Crippen LogP contribution in [0.2, 0.25) is 0 Å². The summed E-state index contributed by atoms with van der Waals surface area (Å²) in [7, 11) is 1.37. The Morgan fingerprint density at radius 1 is 0.882 bits per heavy atom. The number of halogens is 4. The number of allylic oxidation sites excluding steroid dienone is 2. The molecule has 2 aliphatic carbocycles. The summed E-state index contributed by atoms with van der Waals surface area (Å²) < 4.78 is 25.1. The predicted molar refractivity (Wildman–Crippen MR) is 191 cm³/mol. The van der Waals surface area contributed by atoms with Gasteiger partial charge in [-0.2, -0.15) is 0 Å². The molecule has 3 saturated heterocycles. The van der Waals surface area contributed by atoms with E-state index in [0.29, 0.717) is 30.0 Å². The van der Waals surface area contributed by atoms with Crippen molar-refractivity contribution in [2.45, 2.75) is 28.5 Å². The van der Waals surface area contributed by atoms with E-state index in [1.165, 1.54) is 30.2 Å². The van der Waals surface area contributed by atoms with Crippen LogP contribution in [0.3, 0.4) is 0 Å². The first-order valence-electron chi connectivity index (χ1n) is 16.5. The van der Waals surface area contributed by atoms with Gasteiger partial charge in [-0.3, -0.25) is 24.1 Å². The van der Waals surface area contributed by atoms with E-state index in [0.717, 1.165) is 35.8 Å².